The maximum absolute atomic E-state index is 8.34. The van der Waals surface area contributed by atoms with E-state index in [1.165, 1.54) is 0 Å². The molecule has 0 fully saturated rings. The van der Waals surface area contributed by atoms with E-state index < -0.39 is 4.25 Å². The molecule has 1 nitrogen and oxygen atoms in total. The number of nitriles is 1. The molecule has 0 spiro atoms. The van der Waals surface area contributed by atoms with E-state index in [1.54, 1.807) is 0 Å². The molecule has 0 aromatic heterocycles. The molecule has 0 heterocycles. The van der Waals surface area contributed by atoms with E-state index >= 15 is 0 Å². The maximum Gasteiger partial charge on any atom is -0.147 e. The van der Waals surface area contributed by atoms with Crippen LogP contribution in [0.3, 0.4) is 0 Å². The van der Waals surface area contributed by atoms with Gasteiger partial charge in [-0.1, -0.05) is 0 Å². The Morgan fingerprint density at radius 3 is 1.78 bits per heavy atom. The van der Waals surface area contributed by atoms with E-state index in [9.17, 15) is 0 Å². The van der Waals surface area contributed by atoms with Crippen molar-refractivity contribution in [2.45, 2.75) is 0 Å². The number of nitrogens with zero attached hydrogens (tertiary/aromatic N) is 1. The third-order valence-corrected chi connectivity index (χ3v) is 2.84. The first-order valence-corrected chi connectivity index (χ1v) is 8.95. The van der Waals surface area contributed by atoms with Crippen LogP contribution in [0.5, 0.6) is 0 Å². The van der Waals surface area contributed by atoms with Gasteiger partial charge in [0.2, 0.25) is 0 Å². The number of rotatable bonds is 1. The quantitative estimate of drug-likeness (QED) is 0.535. The van der Waals surface area contributed by atoms with E-state index in [2.05, 4.69) is 48.1 Å². The first-order chi connectivity index (χ1) is 3.31. The fourth-order valence-corrected chi connectivity index (χ4v) is 1.17. The molecular weight excluding hydrogens is 267 g/mol. The Kier molecular flexibility index (Phi) is 4.71. The van der Waals surface area contributed by atoms with Gasteiger partial charge in [0.1, 0.15) is 0 Å². The Bertz CT molecular complexity index is 123. The fraction of sp³-hybridized carbons (Fsp3) is 0.800. The summed E-state index contributed by atoms with van der Waals surface area (Å²) in [6, 6.07) is 2.20. The molecule has 0 aliphatic heterocycles. The normalized spacial score (nSPS) is 14.3. The van der Waals surface area contributed by atoms with Crippen molar-refractivity contribution in [3.63, 3.8) is 0 Å². The second-order valence-corrected chi connectivity index (χ2v) is 20.1. The number of hydrogen-bond donors (Lipinski definition) is 0. The minimum atomic E-state index is -1.50. The summed E-state index contributed by atoms with van der Waals surface area (Å²) in [6.07, 6.45) is 0.728. The summed E-state index contributed by atoms with van der Waals surface area (Å²) >= 11 is 2.42. The molecule has 9 heavy (non-hydrogen) atoms. The molecule has 56 valence electrons. The van der Waals surface area contributed by atoms with Crippen LogP contribution in [-0.4, -0.2) is 26.2 Å². The molecule has 0 bridgehead atoms. The molecule has 0 amide bonds. The van der Waals surface area contributed by atoms with E-state index in [1.807, 2.05) is 0 Å². The van der Waals surface area contributed by atoms with Gasteiger partial charge in [-0.15, -0.1) is 12.4 Å². The topological polar surface area (TPSA) is 23.8 Å². The van der Waals surface area contributed by atoms with E-state index in [4.69, 9.17) is 5.26 Å². The largest absolute Gasteiger partial charge is 0.147 e. The van der Waals surface area contributed by atoms with Crippen molar-refractivity contribution in [3.05, 3.63) is 0 Å². The van der Waals surface area contributed by atoms with Gasteiger partial charge >= 0.3 is 63.8 Å². The van der Waals surface area contributed by atoms with E-state index in [0.717, 1.165) is 6.16 Å². The first kappa shape index (κ1) is 12.6. The van der Waals surface area contributed by atoms with Gasteiger partial charge in [-0.05, 0) is 0 Å². The van der Waals surface area contributed by atoms with Crippen LogP contribution >= 0.6 is 38.7 Å². The molecule has 4 heteroatoms. The zero-order valence-electron chi connectivity index (χ0n) is 5.89. The van der Waals surface area contributed by atoms with Crippen LogP contribution in [0.15, 0.2) is 0 Å². The van der Waals surface area contributed by atoms with Crippen molar-refractivity contribution in [3.8, 4) is 6.07 Å². The summed E-state index contributed by atoms with van der Waals surface area (Å²) in [4.78, 5) is 0. The smallest absolute Gasteiger partial charge is 0.147 e. The second-order valence-electron chi connectivity index (χ2n) is 3.23. The van der Waals surface area contributed by atoms with Crippen molar-refractivity contribution in [2.24, 2.45) is 0 Å². The van der Waals surface area contributed by atoms with E-state index in [0.29, 0.717) is 0 Å². The Morgan fingerprint density at radius 2 is 1.78 bits per heavy atom. The zero-order valence-corrected chi connectivity index (χ0v) is 9.76. The monoisotopic (exact) mass is 279 g/mol. The molecule has 0 radical (unpaired) electrons. The maximum atomic E-state index is 8.34. The van der Waals surface area contributed by atoms with Crippen molar-refractivity contribution < 1.29 is 0 Å². The van der Waals surface area contributed by atoms with Gasteiger partial charge in [-0.25, -0.2) is 0 Å². The number of hydrogen-bond acceptors (Lipinski definition) is 1. The third kappa shape index (κ3) is 12.2. The SMILES string of the molecule is CP(C)(C)(I)CC#N.Cl. The van der Waals surface area contributed by atoms with Crippen LogP contribution in [0.25, 0.3) is 0 Å². The Hall–Kier alpha value is 0.940. The molecule has 0 saturated heterocycles. The summed E-state index contributed by atoms with van der Waals surface area (Å²) in [5, 5.41) is 8.34. The second kappa shape index (κ2) is 3.37. The van der Waals surface area contributed by atoms with Crippen LogP contribution in [0.1, 0.15) is 0 Å². The zero-order chi connectivity index (χ0) is 6.86. The average molecular weight is 279 g/mol. The van der Waals surface area contributed by atoms with Gasteiger partial charge in [0.25, 0.3) is 0 Å². The summed E-state index contributed by atoms with van der Waals surface area (Å²) < 4.78 is -1.50. The van der Waals surface area contributed by atoms with Gasteiger partial charge in [-0.2, -0.15) is 0 Å². The van der Waals surface area contributed by atoms with Crippen LogP contribution in [0, 0.1) is 11.3 Å². The molecular formula is C5H12ClINP. The summed E-state index contributed by atoms with van der Waals surface area (Å²) in [7, 11) is 0. The minimum Gasteiger partial charge on any atom is -0.147 e. The van der Waals surface area contributed by atoms with Gasteiger partial charge in [0, 0.05) is 0 Å². The predicted octanol–water partition coefficient (Wildman–Crippen LogP) is 2.72. The average Bonchev–Trinajstić information content (AvgIpc) is 1.25. The molecule has 0 aromatic rings. The van der Waals surface area contributed by atoms with Crippen LogP contribution < -0.4 is 0 Å². The van der Waals surface area contributed by atoms with Gasteiger partial charge in [-0.3, -0.25) is 0 Å². The molecule has 0 aliphatic rings. The molecule has 0 aromatic carbocycles. The number of halogens is 2. The molecule has 0 saturated carbocycles. The minimum absolute atomic E-state index is 0. The standard InChI is InChI=1S/C5H11INP.ClH/c1-8(2,3,6)5-4-7;/h5H2,1-3H3;1H. The van der Waals surface area contributed by atoms with Crippen molar-refractivity contribution in [2.75, 3.05) is 26.2 Å². The first-order valence-electron chi connectivity index (χ1n) is 2.40. The Labute approximate surface area is 76.0 Å². The molecule has 0 rings (SSSR count). The summed E-state index contributed by atoms with van der Waals surface area (Å²) in [5.74, 6) is 0. The molecule has 0 unspecified atom stereocenters. The van der Waals surface area contributed by atoms with Gasteiger partial charge in [0.05, 0.1) is 0 Å². The Balaban J connectivity index is 0. The van der Waals surface area contributed by atoms with Crippen molar-refractivity contribution >= 4 is 38.7 Å². The fourth-order valence-electron chi connectivity index (χ4n) is 0.239. The third-order valence-electron chi connectivity index (χ3n) is 0.605. The van der Waals surface area contributed by atoms with Gasteiger partial charge in [0.15, 0.2) is 0 Å². The van der Waals surface area contributed by atoms with Gasteiger partial charge < -0.3 is 0 Å². The summed E-state index contributed by atoms with van der Waals surface area (Å²) in [6.45, 7) is 6.57. The predicted molar refractivity (Wildman–Crippen MR) is 56.4 cm³/mol. The van der Waals surface area contributed by atoms with Crippen LogP contribution in [-0.2, 0) is 0 Å². The van der Waals surface area contributed by atoms with Crippen molar-refractivity contribution in [1.82, 2.24) is 0 Å². The van der Waals surface area contributed by atoms with Crippen molar-refractivity contribution in [1.29, 1.82) is 5.26 Å². The molecule has 0 aliphatic carbocycles. The van der Waals surface area contributed by atoms with Crippen LogP contribution in [0.4, 0.5) is 0 Å². The molecule has 0 N–H and O–H groups in total. The van der Waals surface area contributed by atoms with E-state index in [-0.39, 0.29) is 12.4 Å². The van der Waals surface area contributed by atoms with Crippen LogP contribution in [0.2, 0.25) is 0 Å². The molecule has 0 atom stereocenters. The summed E-state index contributed by atoms with van der Waals surface area (Å²) in [5.41, 5.74) is 0. The Morgan fingerprint density at radius 1 is 1.44 bits per heavy atom.